The molecule has 2 aromatic carbocycles. The van der Waals surface area contributed by atoms with E-state index in [4.69, 9.17) is 9.15 Å². The van der Waals surface area contributed by atoms with Crippen LogP contribution in [0.3, 0.4) is 0 Å². The number of nitrogens with one attached hydrogen (secondary N) is 1. The number of carbonyl (C=O) groups is 1. The summed E-state index contributed by atoms with van der Waals surface area (Å²) in [4.78, 5) is 14.8. The predicted molar refractivity (Wildman–Crippen MR) is 118 cm³/mol. The molecule has 1 atom stereocenters. The Bertz CT molecular complexity index is 1110. The van der Waals surface area contributed by atoms with Gasteiger partial charge in [-0.3, -0.25) is 4.79 Å². The molecule has 0 aliphatic rings. The first-order valence-corrected chi connectivity index (χ1v) is 11.4. The molecule has 0 saturated carbocycles. The van der Waals surface area contributed by atoms with Crippen molar-refractivity contribution < 1.29 is 22.4 Å². The molecule has 8 heteroatoms. The number of nitrogens with zero attached hydrogens (tertiary/aromatic N) is 1. The van der Waals surface area contributed by atoms with Crippen LogP contribution in [0.25, 0.3) is 0 Å². The standard InChI is InChI=1S/C23H26N2O5S/c1-25(2)21(17-9-11-18(29-3)12-10-17)15-24-23(26)22-14-13-19(30-22)16-31(27,28)20-7-5-4-6-8-20/h4-14,21H,15-16H2,1-3H3,(H,24,26). The van der Waals surface area contributed by atoms with Crippen molar-refractivity contribution in [2.24, 2.45) is 0 Å². The van der Waals surface area contributed by atoms with Crippen LogP contribution in [0.2, 0.25) is 0 Å². The van der Waals surface area contributed by atoms with Gasteiger partial charge < -0.3 is 19.4 Å². The number of methoxy groups -OCH3 is 1. The third kappa shape index (κ3) is 5.74. The highest BCUT2D eigenvalue weighted by atomic mass is 32.2. The summed E-state index contributed by atoms with van der Waals surface area (Å²) in [5, 5.41) is 2.86. The monoisotopic (exact) mass is 442 g/mol. The normalized spacial score (nSPS) is 12.5. The largest absolute Gasteiger partial charge is 0.497 e. The number of rotatable bonds is 9. The van der Waals surface area contributed by atoms with E-state index in [1.165, 1.54) is 24.3 Å². The van der Waals surface area contributed by atoms with Crippen molar-refractivity contribution in [1.82, 2.24) is 10.2 Å². The zero-order valence-corrected chi connectivity index (χ0v) is 18.6. The number of ether oxygens (including phenoxy) is 1. The Morgan fingerprint density at radius 1 is 1.03 bits per heavy atom. The van der Waals surface area contributed by atoms with Crippen LogP contribution in [0, 0.1) is 0 Å². The lowest BCUT2D eigenvalue weighted by molar-refractivity contribution is 0.0912. The van der Waals surface area contributed by atoms with Gasteiger partial charge in [-0.2, -0.15) is 0 Å². The zero-order chi connectivity index (χ0) is 22.4. The molecule has 0 bridgehead atoms. The number of hydrogen-bond donors (Lipinski definition) is 1. The van der Waals surface area contributed by atoms with Crippen LogP contribution in [0.4, 0.5) is 0 Å². The molecule has 0 saturated heterocycles. The number of amides is 1. The fourth-order valence-electron chi connectivity index (χ4n) is 3.18. The molecule has 7 nitrogen and oxygen atoms in total. The summed E-state index contributed by atoms with van der Waals surface area (Å²) in [7, 11) is 1.93. The van der Waals surface area contributed by atoms with Gasteiger partial charge in [-0.15, -0.1) is 0 Å². The zero-order valence-electron chi connectivity index (χ0n) is 17.7. The molecule has 1 N–H and O–H groups in total. The first kappa shape index (κ1) is 22.6. The van der Waals surface area contributed by atoms with E-state index in [2.05, 4.69) is 5.32 Å². The Labute approximate surface area is 182 Å². The average molecular weight is 443 g/mol. The van der Waals surface area contributed by atoms with Crippen molar-refractivity contribution >= 4 is 15.7 Å². The summed E-state index contributed by atoms with van der Waals surface area (Å²) in [5.41, 5.74) is 1.03. The van der Waals surface area contributed by atoms with Crippen LogP contribution in [0.1, 0.15) is 27.9 Å². The molecule has 0 aliphatic carbocycles. The number of likely N-dealkylation sites (N-methyl/N-ethyl adjacent to an activating group) is 1. The van der Waals surface area contributed by atoms with Gasteiger partial charge in [-0.05, 0) is 56.1 Å². The fourth-order valence-corrected chi connectivity index (χ4v) is 4.45. The Kier molecular flexibility index (Phi) is 7.14. The molecule has 1 amide bonds. The molecule has 0 fully saturated rings. The summed E-state index contributed by atoms with van der Waals surface area (Å²) in [6, 6.07) is 18.8. The number of furan rings is 1. The topological polar surface area (TPSA) is 88.8 Å². The van der Waals surface area contributed by atoms with Gasteiger partial charge in [0.25, 0.3) is 5.91 Å². The molecule has 0 spiro atoms. The van der Waals surface area contributed by atoms with Gasteiger partial charge >= 0.3 is 0 Å². The summed E-state index contributed by atoms with van der Waals surface area (Å²) in [6.45, 7) is 0.358. The molecule has 0 aliphatic heterocycles. The molecule has 0 radical (unpaired) electrons. The van der Waals surface area contributed by atoms with Crippen molar-refractivity contribution in [3.05, 3.63) is 83.8 Å². The number of benzene rings is 2. The van der Waals surface area contributed by atoms with Crippen molar-refractivity contribution in [1.29, 1.82) is 0 Å². The van der Waals surface area contributed by atoms with E-state index in [1.54, 1.807) is 25.3 Å². The lowest BCUT2D eigenvalue weighted by Gasteiger charge is -2.25. The highest BCUT2D eigenvalue weighted by Gasteiger charge is 2.20. The quantitative estimate of drug-likeness (QED) is 0.547. The Balaban J connectivity index is 1.64. The van der Waals surface area contributed by atoms with Gasteiger partial charge in [0.15, 0.2) is 15.6 Å². The van der Waals surface area contributed by atoms with Crippen LogP contribution in [-0.4, -0.2) is 47.0 Å². The van der Waals surface area contributed by atoms with E-state index in [9.17, 15) is 13.2 Å². The number of hydrogen-bond acceptors (Lipinski definition) is 6. The van der Waals surface area contributed by atoms with Gasteiger partial charge in [0, 0.05) is 6.54 Å². The Morgan fingerprint density at radius 2 is 1.71 bits per heavy atom. The smallest absolute Gasteiger partial charge is 0.287 e. The van der Waals surface area contributed by atoms with Crippen LogP contribution >= 0.6 is 0 Å². The van der Waals surface area contributed by atoms with Gasteiger partial charge in [-0.25, -0.2) is 8.42 Å². The summed E-state index contributed by atoms with van der Waals surface area (Å²) < 4.78 is 35.7. The van der Waals surface area contributed by atoms with Crippen molar-refractivity contribution in [2.75, 3.05) is 27.7 Å². The minimum atomic E-state index is -3.55. The summed E-state index contributed by atoms with van der Waals surface area (Å²) >= 11 is 0. The molecule has 31 heavy (non-hydrogen) atoms. The second-order valence-corrected chi connectivity index (χ2v) is 9.29. The van der Waals surface area contributed by atoms with Crippen LogP contribution < -0.4 is 10.1 Å². The molecular weight excluding hydrogens is 416 g/mol. The molecule has 3 rings (SSSR count). The van der Waals surface area contributed by atoms with Crippen LogP contribution in [0.5, 0.6) is 5.75 Å². The lowest BCUT2D eigenvalue weighted by Crippen LogP contribution is -2.34. The van der Waals surface area contributed by atoms with Gasteiger partial charge in [0.1, 0.15) is 17.3 Å². The minimum absolute atomic E-state index is 0.0530. The highest BCUT2D eigenvalue weighted by Crippen LogP contribution is 2.21. The first-order chi connectivity index (χ1) is 14.8. The van der Waals surface area contributed by atoms with E-state index < -0.39 is 15.7 Å². The molecule has 164 valence electrons. The summed E-state index contributed by atoms with van der Waals surface area (Å²) in [6.07, 6.45) is 0. The lowest BCUT2D eigenvalue weighted by atomic mass is 10.1. The van der Waals surface area contributed by atoms with Gasteiger partial charge in [0.2, 0.25) is 0 Å². The average Bonchev–Trinajstić information content (AvgIpc) is 3.22. The van der Waals surface area contributed by atoms with Crippen molar-refractivity contribution in [2.45, 2.75) is 16.7 Å². The summed E-state index contributed by atoms with van der Waals surface area (Å²) in [5.74, 6) is 0.345. The number of carbonyl (C=O) groups excluding carboxylic acids is 1. The third-order valence-electron chi connectivity index (χ3n) is 4.90. The minimum Gasteiger partial charge on any atom is -0.497 e. The third-order valence-corrected chi connectivity index (χ3v) is 6.55. The molecule has 3 aromatic rings. The SMILES string of the molecule is COc1ccc(C(CNC(=O)c2ccc(CS(=O)(=O)c3ccccc3)o2)N(C)C)cc1. The van der Waals surface area contributed by atoms with Crippen LogP contribution in [0.15, 0.2) is 76.0 Å². The number of sulfone groups is 1. The fraction of sp³-hybridized carbons (Fsp3) is 0.261. The first-order valence-electron chi connectivity index (χ1n) is 9.75. The van der Waals surface area contributed by atoms with Gasteiger partial charge in [-0.1, -0.05) is 30.3 Å². The van der Waals surface area contributed by atoms with Crippen LogP contribution in [-0.2, 0) is 15.6 Å². The molecule has 1 aromatic heterocycles. The predicted octanol–water partition coefficient (Wildman–Crippen LogP) is 3.29. The molecular formula is C23H26N2O5S. The molecule has 1 unspecified atom stereocenters. The second-order valence-electron chi connectivity index (χ2n) is 7.30. The maximum atomic E-state index is 12.6. The van der Waals surface area contributed by atoms with E-state index in [0.717, 1.165) is 11.3 Å². The van der Waals surface area contributed by atoms with Gasteiger partial charge in [0.05, 0.1) is 18.0 Å². The van der Waals surface area contributed by atoms with E-state index in [0.29, 0.717) is 6.54 Å². The Morgan fingerprint density at radius 3 is 2.32 bits per heavy atom. The Hall–Kier alpha value is -3.10. The second kappa shape index (κ2) is 9.80. The van der Waals surface area contributed by atoms with Crippen molar-refractivity contribution in [3.63, 3.8) is 0 Å². The highest BCUT2D eigenvalue weighted by molar-refractivity contribution is 7.90. The maximum Gasteiger partial charge on any atom is 0.287 e. The molecule has 1 heterocycles. The van der Waals surface area contributed by atoms with Crippen molar-refractivity contribution in [3.8, 4) is 5.75 Å². The van der Waals surface area contributed by atoms with E-state index in [1.807, 2.05) is 43.3 Å². The van der Waals surface area contributed by atoms with E-state index in [-0.39, 0.29) is 28.2 Å². The van der Waals surface area contributed by atoms with E-state index >= 15 is 0 Å². The maximum absolute atomic E-state index is 12.6.